The molecule has 2 atom stereocenters. The van der Waals surface area contributed by atoms with Crippen LogP contribution in [0.15, 0.2) is 0 Å². The second kappa shape index (κ2) is 5.48. The summed E-state index contributed by atoms with van der Waals surface area (Å²) in [5.74, 6) is 0.456. The Morgan fingerprint density at radius 1 is 1.12 bits per heavy atom. The van der Waals surface area contributed by atoms with Crippen LogP contribution >= 0.6 is 0 Å². The first kappa shape index (κ1) is 12.3. The van der Waals surface area contributed by atoms with Crippen LogP contribution < -0.4 is 11.1 Å². The number of rotatable bonds is 4. The predicted molar refractivity (Wildman–Crippen MR) is 66.2 cm³/mol. The fourth-order valence-electron chi connectivity index (χ4n) is 3.47. The summed E-state index contributed by atoms with van der Waals surface area (Å²) in [4.78, 5) is 0. The second-order valence-corrected chi connectivity index (χ2v) is 5.67. The highest BCUT2D eigenvalue weighted by Gasteiger charge is 2.36. The molecule has 94 valence electrons. The molecule has 2 saturated carbocycles. The van der Waals surface area contributed by atoms with Crippen molar-refractivity contribution >= 4 is 0 Å². The van der Waals surface area contributed by atoms with Gasteiger partial charge in [0.15, 0.2) is 0 Å². The molecule has 0 aromatic carbocycles. The zero-order valence-electron chi connectivity index (χ0n) is 10.3. The number of hydrogen-bond acceptors (Lipinski definition) is 3. The van der Waals surface area contributed by atoms with Crippen molar-refractivity contribution in [2.75, 3.05) is 13.2 Å². The van der Waals surface area contributed by atoms with Gasteiger partial charge < -0.3 is 16.2 Å². The molecule has 2 fully saturated rings. The van der Waals surface area contributed by atoms with E-state index in [4.69, 9.17) is 5.73 Å². The minimum Gasteiger partial charge on any atom is -0.396 e. The van der Waals surface area contributed by atoms with E-state index in [0.29, 0.717) is 18.6 Å². The number of nitrogens with two attached hydrogens (primary N) is 1. The van der Waals surface area contributed by atoms with Crippen LogP contribution in [0.1, 0.15) is 51.4 Å². The van der Waals surface area contributed by atoms with Crippen LogP contribution in [-0.4, -0.2) is 29.8 Å². The number of nitrogens with one attached hydrogen (secondary N) is 1. The minimum atomic E-state index is 0.190. The normalized spacial score (nSPS) is 34.1. The van der Waals surface area contributed by atoms with E-state index in [1.54, 1.807) is 0 Å². The highest BCUT2D eigenvalue weighted by Crippen LogP contribution is 2.32. The Bertz CT molecular complexity index is 214. The van der Waals surface area contributed by atoms with E-state index in [-0.39, 0.29) is 5.54 Å². The van der Waals surface area contributed by atoms with Gasteiger partial charge in [-0.3, -0.25) is 0 Å². The molecular weight excluding hydrogens is 200 g/mol. The third kappa shape index (κ3) is 2.58. The molecule has 0 bridgehead atoms. The lowest BCUT2D eigenvalue weighted by Gasteiger charge is -2.39. The predicted octanol–water partition coefficient (Wildman–Crippen LogP) is 1.40. The van der Waals surface area contributed by atoms with Gasteiger partial charge in [-0.15, -0.1) is 0 Å². The van der Waals surface area contributed by atoms with Crippen LogP contribution in [0, 0.1) is 5.92 Å². The lowest BCUT2D eigenvalue weighted by molar-refractivity contribution is 0.128. The molecule has 0 radical (unpaired) electrons. The van der Waals surface area contributed by atoms with Gasteiger partial charge in [-0.05, 0) is 31.6 Å². The number of aliphatic hydroxyl groups excluding tert-OH is 1. The van der Waals surface area contributed by atoms with E-state index in [0.717, 1.165) is 6.54 Å². The van der Waals surface area contributed by atoms with Crippen LogP contribution in [0.4, 0.5) is 0 Å². The Hall–Kier alpha value is -0.120. The first-order chi connectivity index (χ1) is 7.79. The van der Waals surface area contributed by atoms with Crippen molar-refractivity contribution in [3.05, 3.63) is 0 Å². The Morgan fingerprint density at radius 3 is 2.44 bits per heavy atom. The first-order valence-corrected chi connectivity index (χ1v) is 6.88. The maximum Gasteiger partial charge on any atom is 0.0474 e. The molecule has 0 amide bonds. The van der Waals surface area contributed by atoms with Crippen molar-refractivity contribution in [1.29, 1.82) is 0 Å². The third-order valence-corrected chi connectivity index (χ3v) is 4.59. The standard InChI is InChI=1S/C13H26N2O/c14-10-13(7-3-4-8-13)15-12-6-2-1-5-11(12)9-16/h11-12,15-16H,1-10,14H2. The molecule has 0 heterocycles. The molecule has 2 aliphatic carbocycles. The molecule has 4 N–H and O–H groups in total. The molecular formula is C13H26N2O. The average molecular weight is 226 g/mol. The fraction of sp³-hybridized carbons (Fsp3) is 1.00. The summed E-state index contributed by atoms with van der Waals surface area (Å²) in [6, 6.07) is 0.500. The number of aliphatic hydroxyl groups is 1. The Morgan fingerprint density at radius 2 is 1.81 bits per heavy atom. The van der Waals surface area contributed by atoms with Crippen LogP contribution in [0.25, 0.3) is 0 Å². The molecule has 0 aromatic rings. The molecule has 0 aromatic heterocycles. The quantitative estimate of drug-likeness (QED) is 0.679. The van der Waals surface area contributed by atoms with Crippen LogP contribution in [0.3, 0.4) is 0 Å². The summed E-state index contributed by atoms with van der Waals surface area (Å²) in [6.45, 7) is 1.08. The topological polar surface area (TPSA) is 58.3 Å². The van der Waals surface area contributed by atoms with E-state index < -0.39 is 0 Å². The summed E-state index contributed by atoms with van der Waals surface area (Å²) >= 11 is 0. The maximum atomic E-state index is 9.42. The van der Waals surface area contributed by atoms with E-state index in [1.807, 2.05) is 0 Å². The fourth-order valence-corrected chi connectivity index (χ4v) is 3.47. The summed E-state index contributed by atoms with van der Waals surface area (Å²) in [7, 11) is 0. The summed E-state index contributed by atoms with van der Waals surface area (Å²) < 4.78 is 0. The van der Waals surface area contributed by atoms with Gasteiger partial charge in [-0.25, -0.2) is 0 Å². The van der Waals surface area contributed by atoms with Crippen molar-refractivity contribution in [3.63, 3.8) is 0 Å². The van der Waals surface area contributed by atoms with Gasteiger partial charge in [-0.2, -0.15) is 0 Å². The maximum absolute atomic E-state index is 9.42. The molecule has 0 saturated heterocycles. The molecule has 2 rings (SSSR count). The Labute approximate surface area is 98.8 Å². The van der Waals surface area contributed by atoms with Crippen LogP contribution in [0.5, 0.6) is 0 Å². The van der Waals surface area contributed by atoms with E-state index >= 15 is 0 Å². The summed E-state index contributed by atoms with van der Waals surface area (Å²) in [5.41, 5.74) is 6.14. The van der Waals surface area contributed by atoms with Gasteiger partial charge >= 0.3 is 0 Å². The third-order valence-electron chi connectivity index (χ3n) is 4.59. The van der Waals surface area contributed by atoms with Gasteiger partial charge in [0.2, 0.25) is 0 Å². The van der Waals surface area contributed by atoms with Crippen molar-refractivity contribution in [2.45, 2.75) is 62.9 Å². The van der Waals surface area contributed by atoms with Crippen molar-refractivity contribution in [2.24, 2.45) is 11.7 Å². The van der Waals surface area contributed by atoms with Gasteiger partial charge in [0.25, 0.3) is 0 Å². The van der Waals surface area contributed by atoms with Crippen molar-refractivity contribution < 1.29 is 5.11 Å². The Kier molecular flexibility index (Phi) is 4.22. The molecule has 3 heteroatoms. The van der Waals surface area contributed by atoms with Gasteiger partial charge in [-0.1, -0.05) is 25.7 Å². The van der Waals surface area contributed by atoms with Crippen molar-refractivity contribution in [1.82, 2.24) is 5.32 Å². The molecule has 16 heavy (non-hydrogen) atoms. The molecule has 2 aliphatic rings. The second-order valence-electron chi connectivity index (χ2n) is 5.67. The first-order valence-electron chi connectivity index (χ1n) is 6.88. The van der Waals surface area contributed by atoms with E-state index in [1.165, 1.54) is 51.4 Å². The molecule has 3 nitrogen and oxygen atoms in total. The average Bonchev–Trinajstić information content (AvgIpc) is 2.79. The lowest BCUT2D eigenvalue weighted by atomic mass is 9.82. The SMILES string of the molecule is NCC1(NC2CCCCC2CO)CCCC1. The highest BCUT2D eigenvalue weighted by molar-refractivity contribution is 4.97. The Balaban J connectivity index is 1.95. The summed E-state index contributed by atoms with van der Waals surface area (Å²) in [5, 5.41) is 13.2. The van der Waals surface area contributed by atoms with Gasteiger partial charge in [0.1, 0.15) is 0 Å². The largest absolute Gasteiger partial charge is 0.396 e. The zero-order chi connectivity index (χ0) is 11.4. The lowest BCUT2D eigenvalue weighted by Crippen LogP contribution is -2.56. The minimum absolute atomic E-state index is 0.190. The van der Waals surface area contributed by atoms with E-state index in [9.17, 15) is 5.11 Å². The van der Waals surface area contributed by atoms with E-state index in [2.05, 4.69) is 5.32 Å². The van der Waals surface area contributed by atoms with Gasteiger partial charge in [0, 0.05) is 24.7 Å². The smallest absolute Gasteiger partial charge is 0.0474 e. The molecule has 0 spiro atoms. The van der Waals surface area contributed by atoms with Crippen LogP contribution in [0.2, 0.25) is 0 Å². The summed E-state index contributed by atoms with van der Waals surface area (Å²) in [6.07, 6.45) is 10.0. The van der Waals surface area contributed by atoms with Crippen LogP contribution in [-0.2, 0) is 0 Å². The highest BCUT2D eigenvalue weighted by atomic mass is 16.3. The van der Waals surface area contributed by atoms with Crippen molar-refractivity contribution in [3.8, 4) is 0 Å². The zero-order valence-corrected chi connectivity index (χ0v) is 10.3. The molecule has 0 aliphatic heterocycles. The molecule has 2 unspecified atom stereocenters. The van der Waals surface area contributed by atoms with Gasteiger partial charge in [0.05, 0.1) is 0 Å². The number of hydrogen-bond donors (Lipinski definition) is 3. The monoisotopic (exact) mass is 226 g/mol.